The van der Waals surface area contributed by atoms with Gasteiger partial charge in [-0.25, -0.2) is 13.2 Å². The van der Waals surface area contributed by atoms with E-state index in [2.05, 4.69) is 10.0 Å². The molecule has 0 radical (unpaired) electrons. The lowest BCUT2D eigenvalue weighted by molar-refractivity contribution is -0.119. The molecule has 8 nitrogen and oxygen atoms in total. The van der Waals surface area contributed by atoms with Gasteiger partial charge in [-0.05, 0) is 36.4 Å². The first-order chi connectivity index (χ1) is 12.7. The van der Waals surface area contributed by atoms with E-state index in [0.29, 0.717) is 5.69 Å². The van der Waals surface area contributed by atoms with Crippen LogP contribution in [0.4, 0.5) is 17.1 Å². The largest absolute Gasteiger partial charge is 0.452 e. The molecule has 0 spiro atoms. The summed E-state index contributed by atoms with van der Waals surface area (Å²) in [7, 11) is 0.257. The number of benzene rings is 2. The molecule has 2 aromatic carbocycles. The highest BCUT2D eigenvalue weighted by Crippen LogP contribution is 2.18. The standard InChI is InChI=1S/C18H21N3O5S/c1-21(2)14-10-8-13(9-11-14)19-17(22)12-26-18(23)15-6-4-5-7-16(15)20-27(3,24)25/h4-11,20H,12H2,1-3H3,(H,19,22). The number of hydrogen-bond acceptors (Lipinski definition) is 6. The molecule has 0 fully saturated rings. The van der Waals surface area contributed by atoms with Gasteiger partial charge in [-0.3, -0.25) is 9.52 Å². The molecule has 2 aromatic rings. The summed E-state index contributed by atoms with van der Waals surface area (Å²) in [5.74, 6) is -1.31. The fraction of sp³-hybridized carbons (Fsp3) is 0.222. The minimum absolute atomic E-state index is 0.0195. The quantitative estimate of drug-likeness (QED) is 0.699. The number of rotatable bonds is 7. The molecule has 1 amide bonds. The van der Waals surface area contributed by atoms with Crippen molar-refractivity contribution in [3.8, 4) is 0 Å². The number of anilines is 3. The summed E-state index contributed by atoms with van der Waals surface area (Å²) in [4.78, 5) is 26.1. The number of nitrogens with one attached hydrogen (secondary N) is 2. The Bertz CT molecular complexity index is 924. The summed E-state index contributed by atoms with van der Waals surface area (Å²) in [6.07, 6.45) is 0.976. The highest BCUT2D eigenvalue weighted by molar-refractivity contribution is 7.92. The fourth-order valence-corrected chi connectivity index (χ4v) is 2.78. The highest BCUT2D eigenvalue weighted by atomic mass is 32.2. The average Bonchev–Trinajstić information content (AvgIpc) is 2.59. The van der Waals surface area contributed by atoms with E-state index in [1.54, 1.807) is 24.3 Å². The Morgan fingerprint density at radius 3 is 2.26 bits per heavy atom. The number of carbonyl (C=O) groups excluding carboxylic acids is 2. The monoisotopic (exact) mass is 391 g/mol. The van der Waals surface area contributed by atoms with Gasteiger partial charge in [0, 0.05) is 25.5 Å². The van der Waals surface area contributed by atoms with Crippen LogP contribution in [0.1, 0.15) is 10.4 Å². The first kappa shape index (κ1) is 20.2. The van der Waals surface area contributed by atoms with Crippen LogP contribution in [0.15, 0.2) is 48.5 Å². The maximum atomic E-state index is 12.2. The van der Waals surface area contributed by atoms with E-state index in [1.165, 1.54) is 12.1 Å². The van der Waals surface area contributed by atoms with Gasteiger partial charge in [0.05, 0.1) is 17.5 Å². The predicted molar refractivity (Wildman–Crippen MR) is 105 cm³/mol. The van der Waals surface area contributed by atoms with Gasteiger partial charge in [0.25, 0.3) is 5.91 Å². The second-order valence-electron chi connectivity index (χ2n) is 5.99. The summed E-state index contributed by atoms with van der Waals surface area (Å²) in [5.41, 5.74) is 1.66. The Balaban J connectivity index is 1.96. The van der Waals surface area contributed by atoms with Crippen molar-refractivity contribution in [1.29, 1.82) is 0 Å². The number of carbonyl (C=O) groups is 2. The van der Waals surface area contributed by atoms with Crippen LogP contribution in [0.2, 0.25) is 0 Å². The molecule has 0 aliphatic rings. The third-order valence-corrected chi connectivity index (χ3v) is 4.03. The molecule has 144 valence electrons. The molecule has 2 N–H and O–H groups in total. The molecule has 0 aromatic heterocycles. The average molecular weight is 391 g/mol. The van der Waals surface area contributed by atoms with Crippen LogP contribution in [0, 0.1) is 0 Å². The smallest absolute Gasteiger partial charge is 0.340 e. The Morgan fingerprint density at radius 2 is 1.67 bits per heavy atom. The zero-order valence-electron chi connectivity index (χ0n) is 15.2. The van der Waals surface area contributed by atoms with E-state index < -0.39 is 28.5 Å². The van der Waals surface area contributed by atoms with Gasteiger partial charge in [-0.2, -0.15) is 0 Å². The van der Waals surface area contributed by atoms with Crippen LogP contribution >= 0.6 is 0 Å². The lowest BCUT2D eigenvalue weighted by Crippen LogP contribution is -2.22. The van der Waals surface area contributed by atoms with Crippen LogP contribution in [-0.4, -0.2) is 47.3 Å². The molecule has 0 saturated heterocycles. The van der Waals surface area contributed by atoms with Crippen LogP contribution in [0.25, 0.3) is 0 Å². The van der Waals surface area contributed by atoms with E-state index in [9.17, 15) is 18.0 Å². The van der Waals surface area contributed by atoms with Crippen molar-refractivity contribution < 1.29 is 22.7 Å². The minimum atomic E-state index is -3.56. The molecular weight excluding hydrogens is 370 g/mol. The Labute approximate surface area is 158 Å². The van der Waals surface area contributed by atoms with Crippen molar-refractivity contribution >= 4 is 39.0 Å². The van der Waals surface area contributed by atoms with Crippen molar-refractivity contribution in [1.82, 2.24) is 0 Å². The van der Waals surface area contributed by atoms with Gasteiger partial charge in [0.15, 0.2) is 6.61 Å². The first-order valence-corrected chi connectivity index (χ1v) is 9.86. The summed E-state index contributed by atoms with van der Waals surface area (Å²) >= 11 is 0. The summed E-state index contributed by atoms with van der Waals surface area (Å²) in [6.45, 7) is -0.499. The van der Waals surface area contributed by atoms with Crippen molar-refractivity contribution in [2.24, 2.45) is 0 Å². The fourth-order valence-electron chi connectivity index (χ4n) is 2.20. The van der Waals surface area contributed by atoms with Crippen LogP contribution in [0.5, 0.6) is 0 Å². The topological polar surface area (TPSA) is 105 Å². The van der Waals surface area contributed by atoms with Crippen molar-refractivity contribution in [3.63, 3.8) is 0 Å². The second kappa shape index (κ2) is 8.54. The van der Waals surface area contributed by atoms with E-state index in [4.69, 9.17) is 4.74 Å². The molecule has 0 heterocycles. The maximum absolute atomic E-state index is 12.2. The predicted octanol–water partition coefficient (Wildman–Crippen LogP) is 1.92. The van der Waals surface area contributed by atoms with Gasteiger partial charge < -0.3 is 15.0 Å². The molecule has 9 heteroatoms. The van der Waals surface area contributed by atoms with Gasteiger partial charge in [0.1, 0.15) is 0 Å². The lowest BCUT2D eigenvalue weighted by Gasteiger charge is -2.13. The number of para-hydroxylation sites is 1. The van der Waals surface area contributed by atoms with Crippen molar-refractivity contribution in [3.05, 3.63) is 54.1 Å². The van der Waals surface area contributed by atoms with E-state index in [1.807, 2.05) is 31.1 Å². The van der Waals surface area contributed by atoms with Gasteiger partial charge in [-0.1, -0.05) is 12.1 Å². The van der Waals surface area contributed by atoms with Crippen LogP contribution in [0.3, 0.4) is 0 Å². The second-order valence-corrected chi connectivity index (χ2v) is 7.73. The first-order valence-electron chi connectivity index (χ1n) is 7.97. The number of ether oxygens (including phenoxy) is 1. The van der Waals surface area contributed by atoms with Crippen LogP contribution in [-0.2, 0) is 19.6 Å². The minimum Gasteiger partial charge on any atom is -0.452 e. The molecule has 0 atom stereocenters. The van der Waals surface area contributed by atoms with Crippen LogP contribution < -0.4 is 14.9 Å². The number of esters is 1. The molecule has 0 aliphatic carbocycles. The normalized spacial score (nSPS) is 10.8. The summed E-state index contributed by atoms with van der Waals surface area (Å²) in [5, 5.41) is 2.62. The zero-order valence-corrected chi connectivity index (χ0v) is 16.0. The Kier molecular flexibility index (Phi) is 6.40. The summed E-state index contributed by atoms with van der Waals surface area (Å²) in [6, 6.07) is 13.1. The van der Waals surface area contributed by atoms with Crippen molar-refractivity contribution in [2.45, 2.75) is 0 Å². The zero-order chi connectivity index (χ0) is 20.0. The number of nitrogens with zero attached hydrogens (tertiary/aromatic N) is 1. The molecule has 2 rings (SSSR count). The van der Waals surface area contributed by atoms with Gasteiger partial charge >= 0.3 is 5.97 Å². The van der Waals surface area contributed by atoms with Gasteiger partial charge in [-0.15, -0.1) is 0 Å². The van der Waals surface area contributed by atoms with E-state index >= 15 is 0 Å². The summed E-state index contributed by atoms with van der Waals surface area (Å²) < 4.78 is 30.0. The molecule has 0 unspecified atom stereocenters. The van der Waals surface area contributed by atoms with Gasteiger partial charge in [0.2, 0.25) is 10.0 Å². The molecule has 0 saturated carbocycles. The van der Waals surface area contributed by atoms with E-state index in [0.717, 1.165) is 11.9 Å². The Morgan fingerprint density at radius 1 is 1.04 bits per heavy atom. The molecule has 0 bridgehead atoms. The molecule has 0 aliphatic heterocycles. The van der Waals surface area contributed by atoms with E-state index in [-0.39, 0.29) is 11.3 Å². The molecular formula is C18H21N3O5S. The Hall–Kier alpha value is -3.07. The maximum Gasteiger partial charge on any atom is 0.340 e. The third-order valence-electron chi connectivity index (χ3n) is 3.44. The number of sulfonamides is 1. The lowest BCUT2D eigenvalue weighted by atomic mass is 10.2. The third kappa shape index (κ3) is 6.30. The highest BCUT2D eigenvalue weighted by Gasteiger charge is 2.16. The number of amides is 1. The molecule has 27 heavy (non-hydrogen) atoms. The SMILES string of the molecule is CN(C)c1ccc(NC(=O)COC(=O)c2ccccc2NS(C)(=O)=O)cc1. The van der Waals surface area contributed by atoms with Crippen molar-refractivity contribution in [2.75, 3.05) is 41.9 Å². The number of hydrogen-bond donors (Lipinski definition) is 2.